The van der Waals surface area contributed by atoms with Gasteiger partial charge in [-0.3, -0.25) is 14.4 Å². The van der Waals surface area contributed by atoms with Crippen molar-refractivity contribution in [2.24, 2.45) is 23.7 Å². The highest BCUT2D eigenvalue weighted by atomic mass is 16.6. The van der Waals surface area contributed by atoms with Gasteiger partial charge >= 0.3 is 5.97 Å². The highest BCUT2D eigenvalue weighted by Gasteiger charge is 2.80. The lowest BCUT2D eigenvalue weighted by Gasteiger charge is -2.38. The van der Waals surface area contributed by atoms with Crippen molar-refractivity contribution >= 4 is 23.5 Å². The first-order chi connectivity index (χ1) is 16.4. The number of aliphatic hydroxyl groups is 1. The average Bonchev–Trinajstić information content (AvgIpc) is 3.29. The van der Waals surface area contributed by atoms with Crippen molar-refractivity contribution in [3.05, 3.63) is 29.3 Å². The number of amides is 2. The zero-order valence-corrected chi connectivity index (χ0v) is 21.8. The zero-order valence-electron chi connectivity index (χ0n) is 21.8. The molecular weight excluding hydrogens is 448 g/mol. The molecule has 0 aromatic heterocycles. The Morgan fingerprint density at radius 3 is 2.46 bits per heavy atom. The van der Waals surface area contributed by atoms with Crippen molar-refractivity contribution in [3.63, 3.8) is 0 Å². The summed E-state index contributed by atoms with van der Waals surface area (Å²) in [5.41, 5.74) is 0.427. The summed E-state index contributed by atoms with van der Waals surface area (Å²) >= 11 is 0. The lowest BCUT2D eigenvalue weighted by molar-refractivity contribution is -0.162. The van der Waals surface area contributed by atoms with Crippen molar-refractivity contribution in [2.45, 2.75) is 78.2 Å². The zero-order chi connectivity index (χ0) is 25.9. The number of esters is 1. The van der Waals surface area contributed by atoms with E-state index >= 15 is 0 Å². The third kappa shape index (κ3) is 3.59. The molecule has 3 aliphatic heterocycles. The number of nitrogens with zero attached hydrogens (tertiary/aromatic N) is 1. The Balaban J connectivity index is 1.85. The van der Waals surface area contributed by atoms with E-state index in [1.807, 2.05) is 59.7 Å². The molecular formula is C27H38N2O6. The van der Waals surface area contributed by atoms with E-state index in [1.165, 1.54) is 4.90 Å². The SMILES string of the molecule is CCOC(=O)[C@H]1[C@H]2C(=O)N([C@@H](CO)C(C)C)C(C(=O)Nc3c(C)cccc3C)C23CC(C)[C@]1(C)O3. The minimum atomic E-state index is -1.17. The van der Waals surface area contributed by atoms with Crippen molar-refractivity contribution in [3.8, 4) is 0 Å². The van der Waals surface area contributed by atoms with E-state index in [4.69, 9.17) is 9.47 Å². The molecule has 0 aliphatic carbocycles. The summed E-state index contributed by atoms with van der Waals surface area (Å²) in [6, 6.07) is 4.19. The largest absolute Gasteiger partial charge is 0.466 e. The molecule has 3 fully saturated rings. The van der Waals surface area contributed by atoms with E-state index in [-0.39, 0.29) is 36.9 Å². The van der Waals surface area contributed by atoms with E-state index in [0.29, 0.717) is 12.1 Å². The molecule has 3 unspecified atom stereocenters. The maximum absolute atomic E-state index is 14.1. The second-order valence-electron chi connectivity index (χ2n) is 11.0. The Bertz CT molecular complexity index is 1020. The van der Waals surface area contributed by atoms with Crippen LogP contribution < -0.4 is 5.32 Å². The molecule has 1 aromatic rings. The van der Waals surface area contributed by atoms with Gasteiger partial charge in [-0.25, -0.2) is 0 Å². The predicted octanol–water partition coefficient (Wildman–Crippen LogP) is 2.83. The number of rotatable bonds is 7. The number of aryl methyl sites for hydroxylation is 2. The van der Waals surface area contributed by atoms with Crippen LogP contribution in [0.1, 0.15) is 52.2 Å². The van der Waals surface area contributed by atoms with Crippen LogP contribution in [0.25, 0.3) is 0 Å². The molecule has 2 N–H and O–H groups in total. The van der Waals surface area contributed by atoms with E-state index in [2.05, 4.69) is 5.32 Å². The van der Waals surface area contributed by atoms with Gasteiger partial charge in [0.2, 0.25) is 11.8 Å². The highest BCUT2D eigenvalue weighted by molar-refractivity contribution is 6.04. The molecule has 2 amide bonds. The summed E-state index contributed by atoms with van der Waals surface area (Å²) in [4.78, 5) is 42.9. The van der Waals surface area contributed by atoms with Gasteiger partial charge in [-0.15, -0.1) is 0 Å². The standard InChI is InChI=1S/C27H38N2O6/c1-8-34-25(33)20-19-24(32)29(18(13-30)14(2)3)22(27(19)12-17(6)26(20,7)35-27)23(31)28-21-15(4)10-9-11-16(21)5/h9-11,14,17-20,22,30H,8,12-13H2,1-7H3,(H,28,31)/t17?,18-,19-,20+,22?,26-,27?/m0/s1. The minimum Gasteiger partial charge on any atom is -0.466 e. The van der Waals surface area contributed by atoms with E-state index in [0.717, 1.165) is 11.1 Å². The number of aliphatic hydroxyl groups excluding tert-OH is 1. The minimum absolute atomic E-state index is 0.0666. The molecule has 7 atom stereocenters. The number of hydrogen-bond donors (Lipinski definition) is 2. The normalized spacial score (nSPS) is 34.3. The number of anilines is 1. The lowest BCUT2D eigenvalue weighted by atomic mass is 9.62. The summed E-state index contributed by atoms with van der Waals surface area (Å²) in [5, 5.41) is 13.4. The molecule has 1 aromatic carbocycles. The molecule has 4 rings (SSSR count). The topological polar surface area (TPSA) is 105 Å². The summed E-state index contributed by atoms with van der Waals surface area (Å²) in [6.45, 7) is 13.1. The summed E-state index contributed by atoms with van der Waals surface area (Å²) in [7, 11) is 0. The van der Waals surface area contributed by atoms with E-state index < -0.39 is 41.1 Å². The first-order valence-corrected chi connectivity index (χ1v) is 12.6. The molecule has 3 saturated heterocycles. The monoisotopic (exact) mass is 486 g/mol. The molecule has 3 aliphatic rings. The number of carbonyl (C=O) groups excluding carboxylic acids is 3. The molecule has 8 nitrogen and oxygen atoms in total. The van der Waals surface area contributed by atoms with Gasteiger partial charge in [-0.1, -0.05) is 39.0 Å². The van der Waals surface area contributed by atoms with Gasteiger partial charge in [0.15, 0.2) is 0 Å². The van der Waals surface area contributed by atoms with Crippen LogP contribution in [0.4, 0.5) is 5.69 Å². The second kappa shape index (κ2) is 8.89. The maximum Gasteiger partial charge on any atom is 0.312 e. The van der Waals surface area contributed by atoms with Crippen LogP contribution in [0.2, 0.25) is 0 Å². The smallest absolute Gasteiger partial charge is 0.312 e. The number of benzene rings is 1. The number of hydrogen-bond acceptors (Lipinski definition) is 6. The van der Waals surface area contributed by atoms with Gasteiger partial charge < -0.3 is 24.8 Å². The summed E-state index contributed by atoms with van der Waals surface area (Å²) in [6.07, 6.45) is 0.466. The number of nitrogens with one attached hydrogen (secondary N) is 1. The Morgan fingerprint density at radius 2 is 1.91 bits per heavy atom. The molecule has 3 heterocycles. The number of carbonyl (C=O) groups is 3. The van der Waals surface area contributed by atoms with Crippen molar-refractivity contribution in [1.29, 1.82) is 0 Å². The third-order valence-corrected chi connectivity index (χ3v) is 8.58. The van der Waals surface area contributed by atoms with Crippen molar-refractivity contribution in [2.75, 3.05) is 18.5 Å². The van der Waals surface area contributed by atoms with Crippen LogP contribution in [0, 0.1) is 37.5 Å². The number of fused-ring (bicyclic) bond motifs is 1. The highest BCUT2D eigenvalue weighted by Crippen LogP contribution is 2.65. The molecule has 8 heteroatoms. The van der Waals surface area contributed by atoms with E-state index in [9.17, 15) is 19.5 Å². The molecule has 1 spiro atoms. The first-order valence-electron chi connectivity index (χ1n) is 12.6. The maximum atomic E-state index is 14.1. The fourth-order valence-electron chi connectivity index (χ4n) is 6.75. The van der Waals surface area contributed by atoms with Gasteiger partial charge in [0, 0.05) is 5.69 Å². The number of para-hydroxylation sites is 1. The molecule has 35 heavy (non-hydrogen) atoms. The van der Waals surface area contributed by atoms with Crippen molar-refractivity contribution < 1.29 is 29.0 Å². The average molecular weight is 487 g/mol. The van der Waals surface area contributed by atoms with E-state index in [1.54, 1.807) is 6.92 Å². The molecule has 2 bridgehead atoms. The van der Waals surface area contributed by atoms with Gasteiger partial charge in [-0.2, -0.15) is 0 Å². The van der Waals surface area contributed by atoms with Crippen LogP contribution in [-0.4, -0.2) is 64.3 Å². The van der Waals surface area contributed by atoms with Crippen LogP contribution in [-0.2, 0) is 23.9 Å². The Hall–Kier alpha value is -2.45. The van der Waals surface area contributed by atoms with Crippen LogP contribution in [0.15, 0.2) is 18.2 Å². The van der Waals surface area contributed by atoms with Gasteiger partial charge in [-0.05, 0) is 57.1 Å². The van der Waals surface area contributed by atoms with Crippen molar-refractivity contribution in [1.82, 2.24) is 4.90 Å². The number of ether oxygens (including phenoxy) is 2. The van der Waals surface area contributed by atoms with Crippen LogP contribution in [0.3, 0.4) is 0 Å². The lowest BCUT2D eigenvalue weighted by Crippen LogP contribution is -2.57. The third-order valence-electron chi connectivity index (χ3n) is 8.58. The number of likely N-dealkylation sites (tertiary alicyclic amines) is 1. The van der Waals surface area contributed by atoms with Gasteiger partial charge in [0.05, 0.1) is 30.8 Å². The second-order valence-corrected chi connectivity index (χ2v) is 11.0. The fraction of sp³-hybridized carbons (Fsp3) is 0.667. The Labute approximate surface area is 207 Å². The fourth-order valence-corrected chi connectivity index (χ4v) is 6.75. The Kier molecular flexibility index (Phi) is 6.51. The quantitative estimate of drug-likeness (QED) is 0.575. The molecule has 0 radical (unpaired) electrons. The van der Waals surface area contributed by atoms with Crippen LogP contribution in [0.5, 0.6) is 0 Å². The summed E-state index contributed by atoms with van der Waals surface area (Å²) in [5.74, 6) is -2.99. The molecule has 0 saturated carbocycles. The summed E-state index contributed by atoms with van der Waals surface area (Å²) < 4.78 is 12.1. The van der Waals surface area contributed by atoms with Gasteiger partial charge in [0.1, 0.15) is 17.6 Å². The first kappa shape index (κ1) is 25.6. The van der Waals surface area contributed by atoms with Crippen LogP contribution >= 0.6 is 0 Å². The predicted molar refractivity (Wildman–Crippen MR) is 131 cm³/mol. The van der Waals surface area contributed by atoms with Gasteiger partial charge in [0.25, 0.3) is 0 Å². The molecule has 192 valence electrons. The Morgan fingerprint density at radius 1 is 1.29 bits per heavy atom.